The van der Waals surface area contributed by atoms with Gasteiger partial charge in [-0.2, -0.15) is 0 Å². The second-order valence-electron chi connectivity index (χ2n) is 9.55. The Labute approximate surface area is 190 Å². The second-order valence-corrected chi connectivity index (χ2v) is 21.3. The largest absolute Gasteiger partial charge is 0.469 e. The van der Waals surface area contributed by atoms with Crippen LogP contribution in [0.15, 0.2) is 43.1 Å². The molecule has 0 heterocycles. The van der Waals surface area contributed by atoms with Gasteiger partial charge >= 0.3 is 0 Å². The predicted octanol–water partition coefficient (Wildman–Crippen LogP) is 6.06. The number of rotatable bonds is 10. The maximum atomic E-state index is 6.63. The van der Waals surface area contributed by atoms with Gasteiger partial charge in [0, 0.05) is 22.9 Å². The van der Waals surface area contributed by atoms with Gasteiger partial charge in [-0.15, -0.1) is 0 Å². The topological polar surface area (TPSA) is 36.9 Å². The van der Waals surface area contributed by atoms with E-state index in [2.05, 4.69) is 53.1 Å². The molecule has 0 N–H and O–H groups in total. The van der Waals surface area contributed by atoms with Gasteiger partial charge in [0.1, 0.15) is 21.0 Å². The molecule has 2 aliphatic rings. The molecule has 0 aliphatic heterocycles. The minimum absolute atomic E-state index is 0.263. The van der Waals surface area contributed by atoms with Crippen LogP contribution in [0.1, 0.15) is 26.7 Å². The van der Waals surface area contributed by atoms with Crippen molar-refractivity contribution < 1.29 is 18.3 Å². The fourth-order valence-corrected chi connectivity index (χ4v) is 7.00. The Hall–Kier alpha value is -0.289. The quantitative estimate of drug-likeness (QED) is 0.274. The molecule has 0 aromatic carbocycles. The van der Waals surface area contributed by atoms with Gasteiger partial charge in [0.2, 0.25) is 0 Å². The highest BCUT2D eigenvalue weighted by Gasteiger charge is 2.30. The molecule has 0 spiro atoms. The standard InChI is InChI=1S/C20H34Cl2O4Si3/c1-13-9-15(21)19(17(13)23-11-25-28(3,4)5)27-20-16(22)10-14(2)18(20)24-12-26-29(6,7)8/h9-12,27H2,1-8H3. The Morgan fingerprint density at radius 2 is 1.07 bits per heavy atom. The van der Waals surface area contributed by atoms with Crippen LogP contribution in [0.25, 0.3) is 0 Å². The molecule has 0 saturated carbocycles. The summed E-state index contributed by atoms with van der Waals surface area (Å²) in [4.78, 5) is 0. The van der Waals surface area contributed by atoms with Gasteiger partial charge < -0.3 is 18.3 Å². The van der Waals surface area contributed by atoms with Crippen LogP contribution in [0.3, 0.4) is 0 Å². The average Bonchev–Trinajstić information content (AvgIpc) is 2.95. The third-order valence-electron chi connectivity index (χ3n) is 4.56. The lowest BCUT2D eigenvalue weighted by molar-refractivity contribution is 0.0594. The average molecular weight is 494 g/mol. The Morgan fingerprint density at radius 3 is 1.38 bits per heavy atom. The van der Waals surface area contributed by atoms with Crippen molar-refractivity contribution in [1.82, 2.24) is 0 Å². The first kappa shape index (κ1) is 25.0. The summed E-state index contributed by atoms with van der Waals surface area (Å²) in [6.45, 7) is 17.5. The first-order chi connectivity index (χ1) is 13.3. The third-order valence-corrected chi connectivity index (χ3v) is 9.91. The van der Waals surface area contributed by atoms with E-state index >= 15 is 0 Å². The summed E-state index contributed by atoms with van der Waals surface area (Å²) in [5.74, 6) is 1.78. The molecule has 0 fully saturated rings. The zero-order chi connectivity index (χ0) is 22.0. The summed E-state index contributed by atoms with van der Waals surface area (Å²) in [6.07, 6.45) is 1.46. The molecule has 0 bridgehead atoms. The van der Waals surface area contributed by atoms with Crippen molar-refractivity contribution >= 4 is 49.4 Å². The smallest absolute Gasteiger partial charge is 0.188 e. The zero-order valence-electron chi connectivity index (χ0n) is 18.9. The van der Waals surface area contributed by atoms with E-state index < -0.39 is 26.2 Å². The van der Waals surface area contributed by atoms with E-state index in [-0.39, 0.29) is 13.6 Å². The van der Waals surface area contributed by atoms with Gasteiger partial charge in [0.15, 0.2) is 30.2 Å². The van der Waals surface area contributed by atoms with Crippen molar-refractivity contribution in [3.8, 4) is 0 Å². The van der Waals surface area contributed by atoms with Gasteiger partial charge in [0.25, 0.3) is 0 Å². The van der Waals surface area contributed by atoms with Crippen LogP contribution < -0.4 is 0 Å². The molecule has 0 amide bonds. The number of hydrogen-bond acceptors (Lipinski definition) is 4. The number of hydrogen-bond donors (Lipinski definition) is 0. The maximum Gasteiger partial charge on any atom is 0.188 e. The van der Waals surface area contributed by atoms with Crippen molar-refractivity contribution in [2.24, 2.45) is 0 Å². The molecule has 0 aromatic rings. The van der Waals surface area contributed by atoms with Crippen LogP contribution in [0.2, 0.25) is 39.3 Å². The van der Waals surface area contributed by atoms with E-state index in [1.165, 1.54) is 0 Å². The molecular weight excluding hydrogens is 459 g/mol. The molecule has 2 rings (SSSR count). The van der Waals surface area contributed by atoms with Crippen molar-refractivity contribution in [1.29, 1.82) is 0 Å². The summed E-state index contributed by atoms with van der Waals surface area (Å²) in [5, 5.41) is 3.93. The second kappa shape index (κ2) is 9.89. The van der Waals surface area contributed by atoms with Crippen LogP contribution in [0.5, 0.6) is 0 Å². The van der Waals surface area contributed by atoms with Crippen LogP contribution in [0.4, 0.5) is 0 Å². The van der Waals surface area contributed by atoms with Crippen molar-refractivity contribution in [2.75, 3.05) is 13.6 Å². The Kier molecular flexibility index (Phi) is 8.52. The van der Waals surface area contributed by atoms with Crippen LogP contribution in [0, 0.1) is 0 Å². The summed E-state index contributed by atoms with van der Waals surface area (Å²) >= 11 is 13.3. The highest BCUT2D eigenvalue weighted by Crippen LogP contribution is 2.40. The molecular formula is C20H34Cl2O4Si3. The van der Waals surface area contributed by atoms with Crippen LogP contribution in [-0.2, 0) is 18.3 Å². The first-order valence-electron chi connectivity index (χ1n) is 9.97. The molecule has 0 unspecified atom stereocenters. The van der Waals surface area contributed by atoms with E-state index in [0.29, 0.717) is 0 Å². The Morgan fingerprint density at radius 1 is 0.724 bits per heavy atom. The number of ether oxygens (including phenoxy) is 2. The van der Waals surface area contributed by atoms with Crippen LogP contribution in [-0.4, -0.2) is 39.7 Å². The lowest BCUT2D eigenvalue weighted by Crippen LogP contribution is -2.27. The van der Waals surface area contributed by atoms with E-state index in [9.17, 15) is 0 Å². The van der Waals surface area contributed by atoms with Crippen LogP contribution >= 0.6 is 23.2 Å². The van der Waals surface area contributed by atoms with E-state index in [1.54, 1.807) is 0 Å². The molecule has 9 heteroatoms. The third kappa shape index (κ3) is 7.41. The lowest BCUT2D eigenvalue weighted by atomic mass is 10.3. The maximum absolute atomic E-state index is 6.63. The molecule has 0 radical (unpaired) electrons. The fraction of sp³-hybridized carbons (Fsp3) is 0.600. The SMILES string of the molecule is CC1=C(OCO[Si](C)(C)C)C([SiH2]C2=C(Cl)CC(C)=C2OCO[Si](C)(C)C)=C(Cl)C1. The minimum Gasteiger partial charge on any atom is -0.469 e. The lowest BCUT2D eigenvalue weighted by Gasteiger charge is -2.21. The van der Waals surface area contributed by atoms with Gasteiger partial charge in [-0.3, -0.25) is 0 Å². The predicted molar refractivity (Wildman–Crippen MR) is 130 cm³/mol. The molecule has 0 atom stereocenters. The van der Waals surface area contributed by atoms with Crippen molar-refractivity contribution in [2.45, 2.75) is 66.0 Å². The summed E-state index contributed by atoms with van der Waals surface area (Å²) in [6, 6.07) is 0. The highest BCUT2D eigenvalue weighted by molar-refractivity contribution is 6.70. The van der Waals surface area contributed by atoms with E-state index in [0.717, 1.165) is 56.0 Å². The molecule has 0 saturated heterocycles. The highest BCUT2D eigenvalue weighted by atomic mass is 35.5. The van der Waals surface area contributed by atoms with Gasteiger partial charge in [-0.05, 0) is 74.7 Å². The molecule has 164 valence electrons. The van der Waals surface area contributed by atoms with Crippen molar-refractivity contribution in [3.63, 3.8) is 0 Å². The van der Waals surface area contributed by atoms with Crippen molar-refractivity contribution in [3.05, 3.63) is 43.1 Å². The van der Waals surface area contributed by atoms with Gasteiger partial charge in [-0.1, -0.05) is 23.2 Å². The number of halogens is 2. The zero-order valence-corrected chi connectivity index (χ0v) is 23.9. The fourth-order valence-electron chi connectivity index (χ4n) is 3.08. The van der Waals surface area contributed by atoms with Gasteiger partial charge in [0.05, 0.1) is 0 Å². The molecule has 4 nitrogen and oxygen atoms in total. The Balaban J connectivity index is 2.12. The summed E-state index contributed by atoms with van der Waals surface area (Å²) < 4.78 is 23.9. The Bertz CT molecular complexity index is 708. The summed E-state index contributed by atoms with van der Waals surface area (Å²) in [7, 11) is -4.26. The monoisotopic (exact) mass is 492 g/mol. The minimum atomic E-state index is -1.64. The molecule has 0 aromatic heterocycles. The molecule has 29 heavy (non-hydrogen) atoms. The first-order valence-corrected chi connectivity index (χ1v) is 19.0. The van der Waals surface area contributed by atoms with E-state index in [1.807, 2.05) is 0 Å². The normalized spacial score (nSPS) is 18.6. The molecule has 2 aliphatic carbocycles. The van der Waals surface area contributed by atoms with Gasteiger partial charge in [-0.25, -0.2) is 0 Å². The summed E-state index contributed by atoms with van der Waals surface area (Å²) in [5.41, 5.74) is 2.30. The number of allylic oxidation sites excluding steroid dienone is 6. The van der Waals surface area contributed by atoms with E-state index in [4.69, 9.17) is 41.5 Å².